The van der Waals surface area contributed by atoms with Crippen LogP contribution in [0.1, 0.15) is 37.8 Å². The van der Waals surface area contributed by atoms with Crippen molar-refractivity contribution in [2.75, 3.05) is 0 Å². The van der Waals surface area contributed by atoms with Gasteiger partial charge in [0.05, 0.1) is 6.07 Å². The maximum absolute atomic E-state index is 11.0. The summed E-state index contributed by atoms with van der Waals surface area (Å²) in [7, 11) is 0. The van der Waals surface area contributed by atoms with Gasteiger partial charge in [0, 0.05) is 6.42 Å². The Morgan fingerprint density at radius 1 is 1.11 bits per heavy atom. The third-order valence-electron chi connectivity index (χ3n) is 4.23. The molecule has 5 nitrogen and oxygen atoms in total. The molecule has 0 aromatic heterocycles. The molecule has 2 aromatic rings. The summed E-state index contributed by atoms with van der Waals surface area (Å²) in [5.41, 5.74) is 6.65. The van der Waals surface area contributed by atoms with Crippen LogP contribution in [-0.4, -0.2) is 11.7 Å². The van der Waals surface area contributed by atoms with E-state index in [0.29, 0.717) is 19.4 Å². The van der Waals surface area contributed by atoms with E-state index in [1.807, 2.05) is 68.4 Å². The second-order valence-electron chi connectivity index (χ2n) is 7.24. The summed E-state index contributed by atoms with van der Waals surface area (Å²) in [6.07, 6.45) is 0.877. The van der Waals surface area contributed by atoms with Crippen LogP contribution in [0.4, 0.5) is 4.79 Å². The predicted octanol–water partition coefficient (Wildman–Crippen LogP) is 4.60. The molecule has 2 N–H and O–H groups in total. The van der Waals surface area contributed by atoms with Crippen LogP contribution in [0.3, 0.4) is 0 Å². The molecule has 0 bridgehead atoms. The summed E-state index contributed by atoms with van der Waals surface area (Å²) >= 11 is 0. The second-order valence-corrected chi connectivity index (χ2v) is 7.24. The van der Waals surface area contributed by atoms with Crippen molar-refractivity contribution in [2.45, 2.75) is 45.3 Å². The molecule has 0 aliphatic carbocycles. The van der Waals surface area contributed by atoms with Gasteiger partial charge in [0.1, 0.15) is 18.0 Å². The first-order valence-electron chi connectivity index (χ1n) is 8.99. The average Bonchev–Trinajstić information content (AvgIpc) is 2.61. The molecule has 5 heteroatoms. The Kier molecular flexibility index (Phi) is 7.25. The Morgan fingerprint density at radius 3 is 2.37 bits per heavy atom. The van der Waals surface area contributed by atoms with E-state index in [4.69, 9.17) is 20.5 Å². The highest BCUT2D eigenvalue weighted by Gasteiger charge is 2.26. The quantitative estimate of drug-likeness (QED) is 0.702. The number of amides is 1. The van der Waals surface area contributed by atoms with E-state index in [-0.39, 0.29) is 5.92 Å². The molecule has 0 aliphatic rings. The first-order chi connectivity index (χ1) is 12.9. The number of ether oxygens (including phenoxy) is 2. The highest BCUT2D eigenvalue weighted by molar-refractivity contribution is 5.65. The zero-order valence-electron chi connectivity index (χ0n) is 15.9. The Morgan fingerprint density at radius 2 is 1.78 bits per heavy atom. The number of hydrogen-bond acceptors (Lipinski definition) is 4. The van der Waals surface area contributed by atoms with Crippen molar-refractivity contribution in [1.82, 2.24) is 0 Å². The Labute approximate surface area is 160 Å². The largest absolute Gasteiger partial charge is 0.489 e. The van der Waals surface area contributed by atoms with Gasteiger partial charge < -0.3 is 15.2 Å². The van der Waals surface area contributed by atoms with E-state index in [0.717, 1.165) is 23.3 Å². The van der Waals surface area contributed by atoms with Crippen LogP contribution in [0.2, 0.25) is 0 Å². The maximum Gasteiger partial charge on any atom is 0.405 e. The number of nitriles is 1. The molecule has 1 amide bonds. The smallest absolute Gasteiger partial charge is 0.405 e. The minimum Gasteiger partial charge on any atom is -0.489 e. The summed E-state index contributed by atoms with van der Waals surface area (Å²) < 4.78 is 11.0. The van der Waals surface area contributed by atoms with Crippen molar-refractivity contribution in [3.8, 4) is 11.8 Å². The van der Waals surface area contributed by atoms with Crippen molar-refractivity contribution >= 4 is 6.09 Å². The fourth-order valence-electron chi connectivity index (χ4n) is 3.15. The first-order valence-corrected chi connectivity index (χ1v) is 8.99. The number of carbonyl (C=O) groups is 1. The molecule has 0 spiro atoms. The fourth-order valence-corrected chi connectivity index (χ4v) is 3.15. The van der Waals surface area contributed by atoms with E-state index in [2.05, 4.69) is 6.07 Å². The predicted molar refractivity (Wildman–Crippen MR) is 104 cm³/mol. The van der Waals surface area contributed by atoms with E-state index in [1.165, 1.54) is 0 Å². The summed E-state index contributed by atoms with van der Waals surface area (Å²) in [4.78, 5) is 11.0. The molecule has 0 radical (unpaired) electrons. The van der Waals surface area contributed by atoms with Crippen molar-refractivity contribution in [3.63, 3.8) is 0 Å². The van der Waals surface area contributed by atoms with E-state index >= 15 is 0 Å². The number of nitrogens with zero attached hydrogens (tertiary/aromatic N) is 1. The van der Waals surface area contributed by atoms with Crippen molar-refractivity contribution in [1.29, 1.82) is 5.26 Å². The molecule has 0 aliphatic heterocycles. The number of carbonyl (C=O) groups excluding carboxylic acids is 1. The first kappa shape index (κ1) is 20.3. The van der Waals surface area contributed by atoms with Gasteiger partial charge in [-0.3, -0.25) is 0 Å². The SMILES string of the molecule is CC(C)(CC(CC#N)Cc1ccc(OCc2ccccc2)cc1)OC(N)=O. The standard InChI is InChI=1S/C22H26N2O3/c1-22(2,27-21(24)25)15-19(12-13-23)14-17-8-10-20(11-9-17)26-16-18-6-4-3-5-7-18/h3-11,19H,12,14-16H2,1-2H3,(H2,24,25). The minimum atomic E-state index is -0.796. The monoisotopic (exact) mass is 366 g/mol. The minimum absolute atomic E-state index is 0.0698. The Hall–Kier alpha value is -3.00. The molecule has 27 heavy (non-hydrogen) atoms. The van der Waals surface area contributed by atoms with E-state index in [9.17, 15) is 4.79 Å². The summed E-state index contributed by atoms with van der Waals surface area (Å²) in [5.74, 6) is 0.872. The van der Waals surface area contributed by atoms with Gasteiger partial charge in [0.2, 0.25) is 0 Å². The van der Waals surface area contributed by atoms with Gasteiger partial charge in [0.15, 0.2) is 0 Å². The van der Waals surface area contributed by atoms with Gasteiger partial charge in [-0.1, -0.05) is 42.5 Å². The zero-order chi connectivity index (χ0) is 19.7. The molecule has 142 valence electrons. The molecule has 0 saturated heterocycles. The molecule has 1 atom stereocenters. The number of rotatable bonds is 9. The van der Waals surface area contributed by atoms with Crippen LogP contribution in [0.5, 0.6) is 5.75 Å². The molecule has 1 unspecified atom stereocenters. The number of benzene rings is 2. The molecule has 0 fully saturated rings. The van der Waals surface area contributed by atoms with Gasteiger partial charge in [-0.25, -0.2) is 4.79 Å². The third-order valence-corrected chi connectivity index (χ3v) is 4.23. The van der Waals surface area contributed by atoms with Crippen LogP contribution >= 0.6 is 0 Å². The van der Waals surface area contributed by atoms with Gasteiger partial charge in [-0.15, -0.1) is 0 Å². The molecule has 0 saturated carbocycles. The lowest BCUT2D eigenvalue weighted by Gasteiger charge is -2.28. The molecule has 0 heterocycles. The molecular weight excluding hydrogens is 340 g/mol. The highest BCUT2D eigenvalue weighted by Crippen LogP contribution is 2.26. The molecule has 2 aromatic carbocycles. The van der Waals surface area contributed by atoms with Gasteiger partial charge in [-0.2, -0.15) is 5.26 Å². The second kappa shape index (κ2) is 9.63. The van der Waals surface area contributed by atoms with Crippen LogP contribution in [-0.2, 0) is 17.8 Å². The van der Waals surface area contributed by atoms with Crippen LogP contribution in [0, 0.1) is 17.2 Å². The van der Waals surface area contributed by atoms with Crippen molar-refractivity contribution < 1.29 is 14.3 Å². The Bertz CT molecular complexity index is 764. The van der Waals surface area contributed by atoms with Gasteiger partial charge in [-0.05, 0) is 55.9 Å². The van der Waals surface area contributed by atoms with Crippen LogP contribution in [0.25, 0.3) is 0 Å². The normalized spacial score (nSPS) is 12.0. The van der Waals surface area contributed by atoms with Gasteiger partial charge >= 0.3 is 6.09 Å². The zero-order valence-corrected chi connectivity index (χ0v) is 15.9. The summed E-state index contributed by atoms with van der Waals surface area (Å²) in [6, 6.07) is 20.1. The average molecular weight is 366 g/mol. The van der Waals surface area contributed by atoms with Crippen molar-refractivity contribution in [2.24, 2.45) is 11.7 Å². The Balaban J connectivity index is 1.93. The lowest BCUT2D eigenvalue weighted by Crippen LogP contribution is -2.33. The van der Waals surface area contributed by atoms with E-state index in [1.54, 1.807) is 0 Å². The lowest BCUT2D eigenvalue weighted by atomic mass is 9.86. The molecular formula is C22H26N2O3. The highest BCUT2D eigenvalue weighted by atomic mass is 16.6. The third kappa shape index (κ3) is 7.41. The van der Waals surface area contributed by atoms with Gasteiger partial charge in [0.25, 0.3) is 0 Å². The molecule has 2 rings (SSSR count). The number of nitrogens with two attached hydrogens (primary N) is 1. The summed E-state index contributed by atoms with van der Waals surface area (Å²) in [6.45, 7) is 4.14. The lowest BCUT2D eigenvalue weighted by molar-refractivity contribution is 0.0269. The maximum atomic E-state index is 11.0. The topological polar surface area (TPSA) is 85.3 Å². The van der Waals surface area contributed by atoms with Crippen molar-refractivity contribution in [3.05, 3.63) is 65.7 Å². The number of hydrogen-bond donors (Lipinski definition) is 1. The fraction of sp³-hybridized carbons (Fsp3) is 0.364. The van der Waals surface area contributed by atoms with E-state index < -0.39 is 11.7 Å². The summed E-state index contributed by atoms with van der Waals surface area (Å²) in [5, 5.41) is 9.11. The number of primary amides is 1. The van der Waals surface area contributed by atoms with Crippen LogP contribution in [0.15, 0.2) is 54.6 Å². The van der Waals surface area contributed by atoms with Crippen LogP contribution < -0.4 is 10.5 Å².